The molecule has 7 heteroatoms. The van der Waals surface area contributed by atoms with Crippen molar-refractivity contribution >= 4 is 29.0 Å². The molecule has 1 aromatic carbocycles. The van der Waals surface area contributed by atoms with Crippen molar-refractivity contribution in [3.8, 4) is 5.19 Å². The topological polar surface area (TPSA) is 94.3 Å². The van der Waals surface area contributed by atoms with Crippen LogP contribution in [0.15, 0.2) is 18.2 Å². The zero-order valence-corrected chi connectivity index (χ0v) is 12.7. The molecule has 0 saturated carbocycles. The second kappa shape index (κ2) is 5.92. The standard InChI is InChI=1S/C14H15N3O3S/c1-7-5-4-6-8(2)10(7)17-12(18)11-9(3)16-14(21-11)20-13(15)19/h4-6H,1-3H3,(H2,15,19)(H,17,18). The summed E-state index contributed by atoms with van der Waals surface area (Å²) in [5, 5.41) is 2.92. The molecule has 0 bridgehead atoms. The number of nitrogens with one attached hydrogen (secondary N) is 1. The van der Waals surface area contributed by atoms with Gasteiger partial charge in [0.2, 0.25) is 0 Å². The number of anilines is 1. The van der Waals surface area contributed by atoms with Crippen molar-refractivity contribution < 1.29 is 14.3 Å². The number of aromatic nitrogens is 1. The summed E-state index contributed by atoms with van der Waals surface area (Å²) in [5.74, 6) is -0.290. The van der Waals surface area contributed by atoms with E-state index in [1.54, 1.807) is 6.92 Å². The lowest BCUT2D eigenvalue weighted by molar-refractivity contribution is 0.102. The first-order valence-electron chi connectivity index (χ1n) is 6.20. The molecule has 6 nitrogen and oxygen atoms in total. The summed E-state index contributed by atoms with van der Waals surface area (Å²) in [6, 6.07) is 5.77. The number of para-hydroxylation sites is 1. The Kier molecular flexibility index (Phi) is 4.23. The number of rotatable bonds is 3. The van der Waals surface area contributed by atoms with Gasteiger partial charge in [0, 0.05) is 5.69 Å². The van der Waals surface area contributed by atoms with Crippen molar-refractivity contribution in [1.82, 2.24) is 4.98 Å². The second-order valence-electron chi connectivity index (χ2n) is 4.54. The molecule has 1 aromatic heterocycles. The van der Waals surface area contributed by atoms with Gasteiger partial charge >= 0.3 is 6.09 Å². The van der Waals surface area contributed by atoms with E-state index in [9.17, 15) is 9.59 Å². The third-order valence-electron chi connectivity index (χ3n) is 2.89. The first-order valence-corrected chi connectivity index (χ1v) is 7.02. The van der Waals surface area contributed by atoms with Gasteiger partial charge < -0.3 is 15.8 Å². The van der Waals surface area contributed by atoms with E-state index in [1.165, 1.54) is 0 Å². The van der Waals surface area contributed by atoms with Gasteiger partial charge in [-0.05, 0) is 31.9 Å². The predicted molar refractivity (Wildman–Crippen MR) is 80.9 cm³/mol. The fraction of sp³-hybridized carbons (Fsp3) is 0.214. The molecule has 0 unspecified atom stereocenters. The van der Waals surface area contributed by atoms with Gasteiger partial charge in [-0.3, -0.25) is 4.79 Å². The maximum atomic E-state index is 12.3. The van der Waals surface area contributed by atoms with Crippen molar-refractivity contribution in [2.24, 2.45) is 5.73 Å². The van der Waals surface area contributed by atoms with E-state index < -0.39 is 6.09 Å². The molecule has 1 heterocycles. The van der Waals surface area contributed by atoms with Gasteiger partial charge in [-0.2, -0.15) is 0 Å². The second-order valence-corrected chi connectivity index (χ2v) is 5.50. The van der Waals surface area contributed by atoms with Gasteiger partial charge in [0.25, 0.3) is 11.1 Å². The minimum Gasteiger partial charge on any atom is -0.381 e. The Hall–Kier alpha value is -2.41. The number of hydrogen-bond acceptors (Lipinski definition) is 5. The summed E-state index contributed by atoms with van der Waals surface area (Å²) in [4.78, 5) is 27.4. The number of nitrogens with two attached hydrogens (primary N) is 1. The van der Waals surface area contributed by atoms with Crippen molar-refractivity contribution in [3.05, 3.63) is 39.9 Å². The third-order valence-corrected chi connectivity index (χ3v) is 3.92. The summed E-state index contributed by atoms with van der Waals surface area (Å²) in [6.45, 7) is 5.51. The molecule has 3 N–H and O–H groups in total. The first kappa shape index (κ1) is 15.0. The highest BCUT2D eigenvalue weighted by atomic mass is 32.1. The molecular formula is C14H15N3O3S. The van der Waals surface area contributed by atoms with E-state index in [0.717, 1.165) is 28.2 Å². The lowest BCUT2D eigenvalue weighted by atomic mass is 10.1. The van der Waals surface area contributed by atoms with E-state index in [1.807, 2.05) is 32.0 Å². The SMILES string of the molecule is Cc1cccc(C)c1NC(=O)c1sc(OC(N)=O)nc1C. The molecule has 0 aliphatic carbocycles. The summed E-state index contributed by atoms with van der Waals surface area (Å²) >= 11 is 0.981. The van der Waals surface area contributed by atoms with Crippen molar-refractivity contribution in [2.75, 3.05) is 5.32 Å². The zero-order valence-electron chi connectivity index (χ0n) is 11.9. The average molecular weight is 305 g/mol. The van der Waals surface area contributed by atoms with Crippen molar-refractivity contribution in [1.29, 1.82) is 0 Å². The minimum atomic E-state index is -0.953. The fourth-order valence-electron chi connectivity index (χ4n) is 1.89. The maximum Gasteiger partial charge on any atom is 0.411 e. The Balaban J connectivity index is 2.25. The van der Waals surface area contributed by atoms with Crippen LogP contribution in [0.4, 0.5) is 10.5 Å². The third kappa shape index (κ3) is 3.38. The Bertz CT molecular complexity index is 689. The van der Waals surface area contributed by atoms with Crippen LogP contribution in [0.2, 0.25) is 0 Å². The van der Waals surface area contributed by atoms with Crippen LogP contribution < -0.4 is 15.8 Å². The number of carbonyl (C=O) groups is 2. The average Bonchev–Trinajstić information content (AvgIpc) is 2.74. The molecule has 0 fully saturated rings. The summed E-state index contributed by atoms with van der Waals surface area (Å²) in [6.07, 6.45) is -0.953. The Morgan fingerprint density at radius 3 is 2.43 bits per heavy atom. The quantitative estimate of drug-likeness (QED) is 0.911. The van der Waals surface area contributed by atoms with Gasteiger partial charge in [-0.25, -0.2) is 9.78 Å². The van der Waals surface area contributed by atoms with E-state index in [-0.39, 0.29) is 11.1 Å². The van der Waals surface area contributed by atoms with E-state index in [4.69, 9.17) is 5.73 Å². The normalized spacial score (nSPS) is 10.2. The Morgan fingerprint density at radius 2 is 1.86 bits per heavy atom. The number of thiazole rings is 1. The number of amides is 2. The van der Waals surface area contributed by atoms with Gasteiger partial charge in [0.15, 0.2) is 0 Å². The van der Waals surface area contributed by atoms with Crippen LogP contribution in [-0.2, 0) is 0 Å². The molecule has 0 aliphatic rings. The number of benzene rings is 1. The van der Waals surface area contributed by atoms with Crippen LogP contribution >= 0.6 is 11.3 Å². The zero-order chi connectivity index (χ0) is 15.6. The number of hydrogen-bond donors (Lipinski definition) is 2. The first-order chi connectivity index (χ1) is 9.88. The molecule has 2 amide bonds. The molecule has 2 aromatic rings. The monoisotopic (exact) mass is 305 g/mol. The lowest BCUT2D eigenvalue weighted by Gasteiger charge is -2.10. The molecule has 0 radical (unpaired) electrons. The molecule has 0 saturated heterocycles. The van der Waals surface area contributed by atoms with Gasteiger partial charge in [-0.15, -0.1) is 0 Å². The largest absolute Gasteiger partial charge is 0.411 e. The minimum absolute atomic E-state index is 0.0617. The highest BCUT2D eigenvalue weighted by molar-refractivity contribution is 7.15. The van der Waals surface area contributed by atoms with Crippen LogP contribution in [0.25, 0.3) is 0 Å². The highest BCUT2D eigenvalue weighted by Crippen LogP contribution is 2.27. The molecule has 0 spiro atoms. The summed E-state index contributed by atoms with van der Waals surface area (Å²) in [7, 11) is 0. The highest BCUT2D eigenvalue weighted by Gasteiger charge is 2.18. The van der Waals surface area contributed by atoms with E-state index in [0.29, 0.717) is 10.6 Å². The summed E-state index contributed by atoms with van der Waals surface area (Å²) < 4.78 is 4.69. The smallest absolute Gasteiger partial charge is 0.381 e. The molecule has 0 atom stereocenters. The van der Waals surface area contributed by atoms with Gasteiger partial charge in [0.1, 0.15) is 4.88 Å². The lowest BCUT2D eigenvalue weighted by Crippen LogP contribution is -2.16. The van der Waals surface area contributed by atoms with Gasteiger partial charge in [0.05, 0.1) is 5.69 Å². The van der Waals surface area contributed by atoms with Crippen LogP contribution in [0, 0.1) is 20.8 Å². The number of aryl methyl sites for hydroxylation is 3. The molecule has 110 valence electrons. The molecule has 0 aliphatic heterocycles. The maximum absolute atomic E-state index is 12.3. The number of nitrogens with zero attached hydrogens (tertiary/aromatic N) is 1. The molecule has 21 heavy (non-hydrogen) atoms. The number of carbonyl (C=O) groups excluding carboxylic acids is 2. The van der Waals surface area contributed by atoms with Crippen LogP contribution in [-0.4, -0.2) is 17.0 Å². The van der Waals surface area contributed by atoms with Gasteiger partial charge in [-0.1, -0.05) is 29.5 Å². The van der Waals surface area contributed by atoms with E-state index in [2.05, 4.69) is 15.0 Å². The van der Waals surface area contributed by atoms with Crippen molar-refractivity contribution in [3.63, 3.8) is 0 Å². The summed E-state index contributed by atoms with van der Waals surface area (Å²) in [5.41, 5.74) is 8.13. The van der Waals surface area contributed by atoms with Crippen LogP contribution in [0.5, 0.6) is 5.19 Å². The fourth-order valence-corrected chi connectivity index (χ4v) is 2.71. The Labute approximate surface area is 125 Å². The van der Waals surface area contributed by atoms with Crippen molar-refractivity contribution in [2.45, 2.75) is 20.8 Å². The number of primary amides is 1. The van der Waals surface area contributed by atoms with Crippen LogP contribution in [0.3, 0.4) is 0 Å². The molecular weight excluding hydrogens is 290 g/mol. The molecule has 2 rings (SSSR count). The van der Waals surface area contributed by atoms with Crippen LogP contribution in [0.1, 0.15) is 26.5 Å². The number of ether oxygens (including phenoxy) is 1. The van der Waals surface area contributed by atoms with E-state index >= 15 is 0 Å². The predicted octanol–water partition coefficient (Wildman–Crippen LogP) is 2.78. The Morgan fingerprint density at radius 1 is 1.24 bits per heavy atom.